The van der Waals surface area contributed by atoms with Crippen LogP contribution in [0, 0.1) is 0 Å². The van der Waals surface area contributed by atoms with Crippen molar-refractivity contribution in [1.82, 2.24) is 0 Å². The Morgan fingerprint density at radius 3 is 2.53 bits per heavy atom. The monoisotopic (exact) mass is 218 g/mol. The molecule has 1 aliphatic carbocycles. The second-order valence-electron chi connectivity index (χ2n) is 3.63. The molecule has 0 saturated heterocycles. The fourth-order valence-corrected chi connectivity index (χ4v) is 1.54. The van der Waals surface area contributed by atoms with Crippen LogP contribution < -0.4 is 0 Å². The molecule has 0 aromatic heterocycles. The van der Waals surface area contributed by atoms with Gasteiger partial charge in [-0.3, -0.25) is 4.79 Å². The number of carbonyl (C=O) groups excluding carboxylic acids is 1. The molecule has 84 valence electrons. The van der Waals surface area contributed by atoms with E-state index < -0.39 is 17.5 Å². The number of alkyl halides is 3. The molecule has 0 spiro atoms. The first-order valence-electron chi connectivity index (χ1n) is 4.93. The zero-order chi connectivity index (χ0) is 11.5. The lowest BCUT2D eigenvalue weighted by molar-refractivity contribution is -0.125. The molecular weight excluding hydrogens is 205 g/mol. The van der Waals surface area contributed by atoms with Gasteiger partial charge in [0.05, 0.1) is 5.57 Å². The third kappa shape index (κ3) is 3.22. The third-order valence-corrected chi connectivity index (χ3v) is 2.45. The van der Waals surface area contributed by atoms with Gasteiger partial charge in [-0.15, -0.1) is 0 Å². The second kappa shape index (κ2) is 4.64. The summed E-state index contributed by atoms with van der Waals surface area (Å²) in [4.78, 5) is 11.4. The largest absolute Gasteiger partial charge is 0.419 e. The van der Waals surface area contributed by atoms with Crippen LogP contribution in [0.2, 0.25) is 0 Å². The summed E-state index contributed by atoms with van der Waals surface area (Å²) in [6.45, 7) is 2.82. The van der Waals surface area contributed by atoms with Gasteiger partial charge < -0.3 is 0 Å². The quantitative estimate of drug-likeness (QED) is 0.647. The van der Waals surface area contributed by atoms with Gasteiger partial charge in [0, 0.05) is 0 Å². The molecule has 1 nitrogen and oxygen atoms in total. The molecule has 0 saturated carbocycles. The van der Waals surface area contributed by atoms with Crippen LogP contribution in [0.4, 0.5) is 13.2 Å². The minimum atomic E-state index is -4.61. The number of hydrogen-bond donors (Lipinski definition) is 0. The maximum Gasteiger partial charge on any atom is 0.419 e. The molecule has 0 heterocycles. The lowest BCUT2D eigenvalue weighted by Crippen LogP contribution is -2.20. The molecule has 0 aromatic carbocycles. The van der Waals surface area contributed by atoms with Gasteiger partial charge in [-0.1, -0.05) is 19.1 Å². The highest BCUT2D eigenvalue weighted by molar-refractivity contribution is 6.08. The van der Waals surface area contributed by atoms with E-state index in [4.69, 9.17) is 0 Å². The van der Waals surface area contributed by atoms with Gasteiger partial charge in [0.1, 0.15) is 0 Å². The van der Waals surface area contributed by atoms with Crippen molar-refractivity contribution >= 4 is 5.78 Å². The summed E-state index contributed by atoms with van der Waals surface area (Å²) in [7, 11) is 0. The topological polar surface area (TPSA) is 17.1 Å². The Morgan fingerprint density at radius 1 is 1.27 bits per heavy atom. The van der Waals surface area contributed by atoms with Crippen molar-refractivity contribution in [1.29, 1.82) is 0 Å². The van der Waals surface area contributed by atoms with Crippen molar-refractivity contribution in [2.24, 2.45) is 0 Å². The molecule has 0 fully saturated rings. The minimum Gasteiger partial charge on any atom is -0.289 e. The van der Waals surface area contributed by atoms with E-state index in [1.807, 2.05) is 0 Å². The molecule has 0 atom stereocenters. The van der Waals surface area contributed by atoms with Gasteiger partial charge in [0.15, 0.2) is 5.78 Å². The van der Waals surface area contributed by atoms with Crippen LogP contribution in [-0.2, 0) is 4.79 Å². The van der Waals surface area contributed by atoms with E-state index in [0.717, 1.165) is 19.3 Å². The zero-order valence-electron chi connectivity index (χ0n) is 8.36. The number of allylic oxidation sites excluding steroid dienone is 3. The summed E-state index contributed by atoms with van der Waals surface area (Å²) in [6, 6.07) is 0. The Bertz CT molecular complexity index is 299. The Balaban J connectivity index is 2.75. The summed E-state index contributed by atoms with van der Waals surface area (Å²) < 4.78 is 36.6. The maximum absolute atomic E-state index is 12.2. The molecule has 0 N–H and O–H groups in total. The van der Waals surface area contributed by atoms with E-state index >= 15 is 0 Å². The Hall–Kier alpha value is -1.06. The predicted octanol–water partition coefficient (Wildman–Crippen LogP) is 3.56. The predicted molar refractivity (Wildman–Crippen MR) is 51.4 cm³/mol. The summed E-state index contributed by atoms with van der Waals surface area (Å²) in [5.41, 5.74) is -0.981. The maximum atomic E-state index is 12.2. The van der Waals surface area contributed by atoms with Gasteiger partial charge in [0.25, 0.3) is 0 Å². The number of hydrogen-bond acceptors (Lipinski definition) is 1. The lowest BCUT2D eigenvalue weighted by atomic mass is 10.0. The standard InChI is InChI=1S/C11H13F3O/c1-8(11(12,13)14)10(15)9-6-4-2-3-5-7-9/h6H,1-5,7H2. The first-order chi connectivity index (χ1) is 6.93. The van der Waals surface area contributed by atoms with E-state index in [2.05, 4.69) is 6.58 Å². The Labute approximate surface area is 86.7 Å². The molecule has 0 radical (unpaired) electrons. The molecule has 0 bridgehead atoms. The van der Waals surface area contributed by atoms with E-state index in [-0.39, 0.29) is 5.57 Å². The summed E-state index contributed by atoms with van der Waals surface area (Å²) in [5, 5.41) is 0. The number of ketones is 1. The minimum absolute atomic E-state index is 0.273. The Morgan fingerprint density at radius 2 is 1.93 bits per heavy atom. The van der Waals surface area contributed by atoms with Gasteiger partial charge in [-0.2, -0.15) is 13.2 Å². The molecule has 0 aliphatic heterocycles. The number of Topliss-reactive ketones (excluding diaryl/α,β-unsaturated/α-hetero) is 1. The summed E-state index contributed by atoms with van der Waals surface area (Å²) in [5.74, 6) is -0.940. The van der Waals surface area contributed by atoms with E-state index in [9.17, 15) is 18.0 Å². The van der Waals surface area contributed by atoms with Crippen LogP contribution in [0.1, 0.15) is 32.1 Å². The Kier molecular flexibility index (Phi) is 3.72. The van der Waals surface area contributed by atoms with Crippen LogP contribution in [0.15, 0.2) is 23.8 Å². The van der Waals surface area contributed by atoms with Gasteiger partial charge in [-0.05, 0) is 31.3 Å². The van der Waals surface area contributed by atoms with Crippen LogP contribution in [0.3, 0.4) is 0 Å². The highest BCUT2D eigenvalue weighted by Crippen LogP contribution is 2.29. The molecule has 1 aliphatic rings. The molecule has 0 aromatic rings. The SMILES string of the molecule is C=C(C(=O)C1=CCCCCC1)C(F)(F)F. The van der Waals surface area contributed by atoms with Crippen LogP contribution >= 0.6 is 0 Å². The zero-order valence-corrected chi connectivity index (χ0v) is 8.36. The first kappa shape index (κ1) is 12.0. The highest BCUT2D eigenvalue weighted by Gasteiger charge is 2.37. The highest BCUT2D eigenvalue weighted by atomic mass is 19.4. The van der Waals surface area contributed by atoms with Crippen molar-refractivity contribution in [3.8, 4) is 0 Å². The molecule has 0 unspecified atom stereocenters. The smallest absolute Gasteiger partial charge is 0.289 e. The average molecular weight is 218 g/mol. The van der Waals surface area contributed by atoms with E-state index in [1.54, 1.807) is 6.08 Å². The van der Waals surface area contributed by atoms with Crippen LogP contribution in [0.25, 0.3) is 0 Å². The average Bonchev–Trinajstić information content (AvgIpc) is 2.42. The van der Waals surface area contributed by atoms with Gasteiger partial charge >= 0.3 is 6.18 Å². The molecule has 0 amide bonds. The van der Waals surface area contributed by atoms with Crippen LogP contribution in [0.5, 0.6) is 0 Å². The van der Waals surface area contributed by atoms with E-state index in [0.29, 0.717) is 12.8 Å². The molecular formula is C11H13F3O. The first-order valence-corrected chi connectivity index (χ1v) is 4.93. The summed E-state index contributed by atoms with van der Waals surface area (Å²) >= 11 is 0. The van der Waals surface area contributed by atoms with Crippen molar-refractivity contribution < 1.29 is 18.0 Å². The van der Waals surface area contributed by atoms with Crippen molar-refractivity contribution in [2.45, 2.75) is 38.3 Å². The van der Waals surface area contributed by atoms with Crippen molar-refractivity contribution in [3.63, 3.8) is 0 Å². The normalized spacial score (nSPS) is 17.9. The van der Waals surface area contributed by atoms with Gasteiger partial charge in [0.2, 0.25) is 0 Å². The van der Waals surface area contributed by atoms with Crippen LogP contribution in [-0.4, -0.2) is 12.0 Å². The molecule has 15 heavy (non-hydrogen) atoms. The number of rotatable bonds is 2. The van der Waals surface area contributed by atoms with Gasteiger partial charge in [-0.25, -0.2) is 0 Å². The second-order valence-corrected chi connectivity index (χ2v) is 3.63. The van der Waals surface area contributed by atoms with Crippen molar-refractivity contribution in [3.05, 3.63) is 23.8 Å². The number of carbonyl (C=O) groups is 1. The number of halogens is 3. The fraction of sp³-hybridized carbons (Fsp3) is 0.545. The molecule has 4 heteroatoms. The third-order valence-electron chi connectivity index (χ3n) is 2.45. The molecule has 1 rings (SSSR count). The lowest BCUT2D eigenvalue weighted by Gasteiger charge is -2.10. The summed E-state index contributed by atoms with van der Waals surface area (Å²) in [6.07, 6.45) is 0.820. The van der Waals surface area contributed by atoms with Crippen molar-refractivity contribution in [2.75, 3.05) is 0 Å². The van der Waals surface area contributed by atoms with E-state index in [1.165, 1.54) is 0 Å². The fourth-order valence-electron chi connectivity index (χ4n) is 1.54.